The van der Waals surface area contributed by atoms with E-state index in [1.807, 2.05) is 0 Å². The molecule has 0 aromatic heterocycles. The van der Waals surface area contributed by atoms with Gasteiger partial charge in [-0.05, 0) is 37.3 Å². The highest BCUT2D eigenvalue weighted by atomic mass is 16.5. The number of hydrogen-bond acceptors (Lipinski definition) is 5. The minimum atomic E-state index is -1.04. The number of unbranched alkanes of at least 4 members (excludes halogenated alkanes) is 1. The smallest absolute Gasteiger partial charge is 0.407 e. The van der Waals surface area contributed by atoms with Crippen molar-refractivity contribution in [2.24, 2.45) is 10.8 Å². The number of carbonyl (C=O) groups is 2. The molecule has 0 radical (unpaired) electrons. The Morgan fingerprint density at radius 2 is 2.21 bits per heavy atom. The van der Waals surface area contributed by atoms with E-state index in [0.717, 1.165) is 0 Å². The number of nitrogens with zero attached hydrogens (tertiary/aromatic N) is 3. The first-order valence-electron chi connectivity index (χ1n) is 7.35. The number of rotatable bonds is 11. The zero-order valence-electron chi connectivity index (χ0n) is 13.6. The van der Waals surface area contributed by atoms with Crippen molar-refractivity contribution in [2.45, 2.75) is 32.2 Å². The molecular formula is C15H23N5O4. The highest BCUT2D eigenvalue weighted by Crippen LogP contribution is 2.09. The number of nitrogens with two attached hydrogens (primary N) is 1. The fourth-order valence-corrected chi connectivity index (χ4v) is 1.57. The molecule has 0 spiro atoms. The van der Waals surface area contributed by atoms with Gasteiger partial charge in [0.05, 0.1) is 0 Å². The summed E-state index contributed by atoms with van der Waals surface area (Å²) in [5, 5.41) is 14.7. The molecule has 4 N–H and O–H groups in total. The van der Waals surface area contributed by atoms with E-state index in [1.165, 1.54) is 6.08 Å². The van der Waals surface area contributed by atoms with Crippen LogP contribution in [0.25, 0.3) is 10.4 Å². The van der Waals surface area contributed by atoms with E-state index in [2.05, 4.69) is 21.9 Å². The van der Waals surface area contributed by atoms with Crippen molar-refractivity contribution in [2.75, 3.05) is 13.2 Å². The van der Waals surface area contributed by atoms with Crippen molar-refractivity contribution in [3.63, 3.8) is 0 Å². The van der Waals surface area contributed by atoms with Gasteiger partial charge in [-0.2, -0.15) is 0 Å². The second-order valence-electron chi connectivity index (χ2n) is 4.89. The fraction of sp³-hybridized carbons (Fsp3) is 0.467. The van der Waals surface area contributed by atoms with Gasteiger partial charge in [-0.3, -0.25) is 4.79 Å². The molecule has 0 aliphatic heterocycles. The van der Waals surface area contributed by atoms with Gasteiger partial charge < -0.3 is 20.9 Å². The molecule has 0 aliphatic rings. The maximum atomic E-state index is 11.5. The van der Waals surface area contributed by atoms with E-state index >= 15 is 0 Å². The average Bonchev–Trinajstić information content (AvgIpc) is 2.55. The number of azide groups is 1. The van der Waals surface area contributed by atoms with Gasteiger partial charge in [-0.1, -0.05) is 29.9 Å². The molecule has 9 heteroatoms. The molecule has 0 aliphatic carbocycles. The number of nitrogens with one attached hydrogen (secondary N) is 1. The number of carbonyl (C=O) groups excluding carboxylic acids is 1. The van der Waals surface area contributed by atoms with Gasteiger partial charge in [-0.15, -0.1) is 0 Å². The van der Waals surface area contributed by atoms with Gasteiger partial charge in [-0.25, -0.2) is 4.79 Å². The van der Waals surface area contributed by atoms with Gasteiger partial charge in [0, 0.05) is 17.2 Å². The van der Waals surface area contributed by atoms with Gasteiger partial charge >= 0.3 is 12.1 Å². The number of ether oxygens (including phenoxy) is 1. The van der Waals surface area contributed by atoms with Crippen LogP contribution < -0.4 is 11.1 Å². The van der Waals surface area contributed by atoms with Crippen LogP contribution in [0.2, 0.25) is 0 Å². The zero-order valence-corrected chi connectivity index (χ0v) is 13.6. The third-order valence-corrected chi connectivity index (χ3v) is 2.93. The molecule has 0 heterocycles. The number of carboxylic acid groups (broad SMARTS) is 1. The molecule has 1 atom stereocenters. The van der Waals surface area contributed by atoms with E-state index in [4.69, 9.17) is 21.1 Å². The lowest BCUT2D eigenvalue weighted by atomic mass is 10.1. The molecule has 0 fully saturated rings. The SMILES string of the molecule is C=C/C=C\C(N=[N+]=[N-])=C(/C)COC(=O)NCCCC[C@H](N)C(=O)O. The second-order valence-corrected chi connectivity index (χ2v) is 4.89. The summed E-state index contributed by atoms with van der Waals surface area (Å²) in [4.78, 5) is 24.8. The summed E-state index contributed by atoms with van der Waals surface area (Å²) in [6.07, 6.45) is 5.62. The lowest BCUT2D eigenvalue weighted by molar-refractivity contribution is -0.138. The molecule has 9 nitrogen and oxygen atoms in total. The van der Waals surface area contributed by atoms with Crippen LogP contribution in [0, 0.1) is 0 Å². The Bertz CT molecular complexity index is 550. The summed E-state index contributed by atoms with van der Waals surface area (Å²) in [5.41, 5.74) is 14.8. The summed E-state index contributed by atoms with van der Waals surface area (Å²) in [6, 6.07) is -0.882. The number of carboxylic acids is 1. The Kier molecular flexibility index (Phi) is 11.3. The van der Waals surface area contributed by atoms with E-state index in [9.17, 15) is 9.59 Å². The third kappa shape index (κ3) is 10.0. The first kappa shape index (κ1) is 21.2. The number of hydrogen-bond donors (Lipinski definition) is 3. The number of amides is 1. The van der Waals surface area contributed by atoms with Crippen molar-refractivity contribution in [3.05, 3.63) is 46.5 Å². The summed E-state index contributed by atoms with van der Waals surface area (Å²) < 4.78 is 5.01. The van der Waals surface area contributed by atoms with E-state index in [1.54, 1.807) is 19.1 Å². The van der Waals surface area contributed by atoms with Crippen molar-refractivity contribution in [1.82, 2.24) is 5.32 Å². The molecule has 0 rings (SSSR count). The van der Waals surface area contributed by atoms with E-state index in [-0.39, 0.29) is 6.61 Å². The Hall–Kier alpha value is -2.77. The molecule has 0 saturated heterocycles. The predicted octanol–water partition coefficient (Wildman–Crippen LogP) is 2.62. The second kappa shape index (κ2) is 12.7. The maximum absolute atomic E-state index is 11.5. The Balaban J connectivity index is 4.15. The van der Waals surface area contributed by atoms with Crippen LogP contribution in [0.5, 0.6) is 0 Å². The van der Waals surface area contributed by atoms with Crippen LogP contribution in [-0.4, -0.2) is 36.4 Å². The fourth-order valence-electron chi connectivity index (χ4n) is 1.57. The molecule has 0 unspecified atom stereocenters. The molecular weight excluding hydrogens is 314 g/mol. The predicted molar refractivity (Wildman–Crippen MR) is 90.0 cm³/mol. The van der Waals surface area contributed by atoms with Crippen molar-refractivity contribution in [1.29, 1.82) is 0 Å². The monoisotopic (exact) mass is 337 g/mol. The molecule has 0 aromatic carbocycles. The Morgan fingerprint density at radius 3 is 2.79 bits per heavy atom. The lowest BCUT2D eigenvalue weighted by Gasteiger charge is -2.09. The number of aliphatic carboxylic acids is 1. The summed E-state index contributed by atoms with van der Waals surface area (Å²) in [6.45, 7) is 5.53. The minimum Gasteiger partial charge on any atom is -0.480 e. The largest absolute Gasteiger partial charge is 0.480 e. The standard InChI is InChI=1S/C15H23N5O4/c1-3-4-8-13(19-20-17)11(2)10-24-15(23)18-9-6-5-7-12(16)14(21)22/h3-4,8,12H,1,5-7,9-10,16H2,2H3,(H,18,23)(H,21,22)/b8-4-,13-11-/t12-/m0/s1. The normalized spacial score (nSPS) is 12.8. The first-order chi connectivity index (χ1) is 11.4. The van der Waals surface area contributed by atoms with Gasteiger partial charge in [0.2, 0.25) is 0 Å². The zero-order chi connectivity index (χ0) is 18.4. The van der Waals surface area contributed by atoms with Crippen LogP contribution >= 0.6 is 0 Å². The van der Waals surface area contributed by atoms with Crippen molar-refractivity contribution < 1.29 is 19.4 Å². The molecule has 1 amide bonds. The highest BCUT2D eigenvalue weighted by molar-refractivity contribution is 5.72. The highest BCUT2D eigenvalue weighted by Gasteiger charge is 2.10. The molecule has 0 saturated carbocycles. The molecule has 0 bridgehead atoms. The van der Waals surface area contributed by atoms with Crippen LogP contribution in [0.1, 0.15) is 26.2 Å². The Labute approximate surface area is 140 Å². The van der Waals surface area contributed by atoms with Crippen LogP contribution in [0.4, 0.5) is 4.79 Å². The third-order valence-electron chi connectivity index (χ3n) is 2.93. The summed E-state index contributed by atoms with van der Waals surface area (Å²) in [7, 11) is 0. The van der Waals surface area contributed by atoms with Crippen LogP contribution in [0.3, 0.4) is 0 Å². The maximum Gasteiger partial charge on any atom is 0.407 e. The minimum absolute atomic E-state index is 0.0223. The quantitative estimate of drug-likeness (QED) is 0.174. The lowest BCUT2D eigenvalue weighted by Crippen LogP contribution is -2.30. The molecule has 132 valence electrons. The van der Waals surface area contributed by atoms with Crippen molar-refractivity contribution in [3.8, 4) is 0 Å². The summed E-state index contributed by atoms with van der Waals surface area (Å²) in [5.74, 6) is -1.04. The van der Waals surface area contributed by atoms with E-state index < -0.39 is 18.1 Å². The van der Waals surface area contributed by atoms with E-state index in [0.29, 0.717) is 37.1 Å². The number of allylic oxidation sites excluding steroid dienone is 3. The summed E-state index contributed by atoms with van der Waals surface area (Å²) >= 11 is 0. The van der Waals surface area contributed by atoms with Crippen LogP contribution in [0.15, 0.2) is 41.2 Å². The molecule has 0 aromatic rings. The number of alkyl carbamates (subject to hydrolysis) is 1. The van der Waals surface area contributed by atoms with Gasteiger partial charge in [0.1, 0.15) is 12.6 Å². The van der Waals surface area contributed by atoms with Gasteiger partial charge in [0.25, 0.3) is 0 Å². The van der Waals surface area contributed by atoms with Gasteiger partial charge in [0.15, 0.2) is 0 Å². The first-order valence-corrected chi connectivity index (χ1v) is 7.35. The topological polar surface area (TPSA) is 150 Å². The Morgan fingerprint density at radius 1 is 1.50 bits per heavy atom. The molecule has 24 heavy (non-hydrogen) atoms. The van der Waals surface area contributed by atoms with Crippen molar-refractivity contribution >= 4 is 12.1 Å². The average molecular weight is 337 g/mol. The van der Waals surface area contributed by atoms with Crippen LogP contribution in [-0.2, 0) is 9.53 Å².